The highest BCUT2D eigenvalue weighted by Gasteiger charge is 2.35. The van der Waals surface area contributed by atoms with Crippen molar-refractivity contribution in [3.8, 4) is 5.75 Å². The van der Waals surface area contributed by atoms with E-state index in [1.165, 1.54) is 17.0 Å². The van der Waals surface area contributed by atoms with Gasteiger partial charge in [-0.1, -0.05) is 70.0 Å². The number of ether oxygens (including phenoxy) is 1. The number of nitrogens with zero attached hydrogens (tertiary/aromatic N) is 1. The molecule has 0 spiro atoms. The first-order chi connectivity index (χ1) is 15.4. The first kappa shape index (κ1) is 22.6. The van der Waals surface area contributed by atoms with E-state index in [9.17, 15) is 14.0 Å². The smallest absolute Gasteiger partial charge is 0.293 e. The topological polar surface area (TPSA) is 46.6 Å². The lowest BCUT2D eigenvalue weighted by Gasteiger charge is -2.13. The molecule has 162 valence electrons. The van der Waals surface area contributed by atoms with Crippen LogP contribution in [0.15, 0.2) is 76.1 Å². The SMILES string of the molecule is O=C1S/C(=C\c2ccccc2OCc2c(F)cccc2Cl)C(=O)N1Cc1ccccc1Br. The van der Waals surface area contributed by atoms with Gasteiger partial charge in [-0.05, 0) is 47.7 Å². The summed E-state index contributed by atoms with van der Waals surface area (Å²) in [5.41, 5.74) is 1.69. The average molecular weight is 533 g/mol. The van der Waals surface area contributed by atoms with Gasteiger partial charge in [0, 0.05) is 15.6 Å². The van der Waals surface area contributed by atoms with Gasteiger partial charge in [-0.15, -0.1) is 0 Å². The molecule has 32 heavy (non-hydrogen) atoms. The van der Waals surface area contributed by atoms with Crippen molar-refractivity contribution in [2.75, 3.05) is 0 Å². The number of benzene rings is 3. The standard InChI is InChI=1S/C24H16BrClFNO3S/c25-18-8-3-1-7-16(18)13-28-23(29)22(32-24(28)30)12-15-6-2-4-11-21(15)31-14-17-19(26)9-5-10-20(17)27/h1-12H,13-14H2/b22-12-. The van der Waals surface area contributed by atoms with Crippen LogP contribution in [0.5, 0.6) is 5.75 Å². The minimum absolute atomic E-state index is 0.0696. The molecule has 0 aromatic heterocycles. The predicted molar refractivity (Wildman–Crippen MR) is 128 cm³/mol. The fourth-order valence-corrected chi connectivity index (χ4v) is 4.58. The van der Waals surface area contributed by atoms with Crippen molar-refractivity contribution in [3.05, 3.63) is 104 Å². The lowest BCUT2D eigenvalue weighted by molar-refractivity contribution is -0.123. The van der Waals surface area contributed by atoms with Crippen LogP contribution in [0, 0.1) is 5.82 Å². The van der Waals surface area contributed by atoms with Crippen molar-refractivity contribution in [1.29, 1.82) is 0 Å². The third-order valence-corrected chi connectivity index (χ3v) is 6.83. The number of hydrogen-bond acceptors (Lipinski definition) is 4. The summed E-state index contributed by atoms with van der Waals surface area (Å²) in [6, 6.07) is 18.9. The second-order valence-electron chi connectivity index (χ2n) is 6.89. The molecule has 0 radical (unpaired) electrons. The molecule has 1 aliphatic rings. The molecule has 0 bridgehead atoms. The largest absolute Gasteiger partial charge is 0.488 e. The molecule has 3 aromatic carbocycles. The minimum atomic E-state index is -0.455. The Bertz CT molecular complexity index is 1210. The van der Waals surface area contributed by atoms with Gasteiger partial charge in [-0.2, -0.15) is 0 Å². The van der Waals surface area contributed by atoms with Crippen molar-refractivity contribution in [2.24, 2.45) is 0 Å². The van der Waals surface area contributed by atoms with Gasteiger partial charge in [0.1, 0.15) is 18.2 Å². The van der Waals surface area contributed by atoms with Crippen molar-refractivity contribution in [3.63, 3.8) is 0 Å². The van der Waals surface area contributed by atoms with Crippen LogP contribution < -0.4 is 4.74 Å². The molecule has 4 rings (SSSR count). The lowest BCUT2D eigenvalue weighted by Crippen LogP contribution is -2.27. The average Bonchev–Trinajstić information content (AvgIpc) is 3.03. The number of amides is 2. The predicted octanol–water partition coefficient (Wildman–Crippen LogP) is 7.06. The highest BCUT2D eigenvalue weighted by Crippen LogP contribution is 2.35. The molecule has 2 amide bonds. The monoisotopic (exact) mass is 531 g/mol. The normalized spacial score (nSPS) is 15.0. The Morgan fingerprint density at radius 3 is 2.56 bits per heavy atom. The summed E-state index contributed by atoms with van der Waals surface area (Å²) in [4.78, 5) is 26.9. The van der Waals surface area contributed by atoms with E-state index in [2.05, 4.69) is 15.9 Å². The number of para-hydroxylation sites is 1. The molecule has 1 heterocycles. The third-order valence-electron chi connectivity index (χ3n) is 4.80. The van der Waals surface area contributed by atoms with Crippen LogP contribution in [0.1, 0.15) is 16.7 Å². The molecule has 0 aliphatic carbocycles. The summed E-state index contributed by atoms with van der Waals surface area (Å²) in [6.07, 6.45) is 1.61. The molecule has 8 heteroatoms. The van der Waals surface area contributed by atoms with Crippen molar-refractivity contribution < 1.29 is 18.7 Å². The van der Waals surface area contributed by atoms with Crippen LogP contribution in [-0.2, 0) is 17.9 Å². The minimum Gasteiger partial charge on any atom is -0.488 e. The molecule has 4 nitrogen and oxygen atoms in total. The van der Waals surface area contributed by atoms with Gasteiger partial charge in [-0.25, -0.2) is 4.39 Å². The Morgan fingerprint density at radius 1 is 1.03 bits per heavy atom. The van der Waals surface area contributed by atoms with Gasteiger partial charge in [0.05, 0.1) is 16.5 Å². The van der Waals surface area contributed by atoms with E-state index in [0.29, 0.717) is 16.2 Å². The summed E-state index contributed by atoms with van der Waals surface area (Å²) in [7, 11) is 0. The van der Waals surface area contributed by atoms with Crippen LogP contribution >= 0.6 is 39.3 Å². The number of thioether (sulfide) groups is 1. The molecule has 1 aliphatic heterocycles. The van der Waals surface area contributed by atoms with Crippen molar-refractivity contribution in [2.45, 2.75) is 13.2 Å². The highest BCUT2D eigenvalue weighted by atomic mass is 79.9. The summed E-state index contributed by atoms with van der Waals surface area (Å²) in [5.74, 6) is -0.379. The van der Waals surface area contributed by atoms with E-state index < -0.39 is 5.82 Å². The van der Waals surface area contributed by atoms with Crippen LogP contribution in [-0.4, -0.2) is 16.0 Å². The van der Waals surface area contributed by atoms with Gasteiger partial charge >= 0.3 is 0 Å². The number of carbonyl (C=O) groups excluding carboxylic acids is 2. The Morgan fingerprint density at radius 2 is 1.78 bits per heavy atom. The maximum Gasteiger partial charge on any atom is 0.293 e. The van der Waals surface area contributed by atoms with Gasteiger partial charge in [0.15, 0.2) is 0 Å². The Balaban J connectivity index is 1.55. The Labute approximate surface area is 202 Å². The van der Waals surface area contributed by atoms with Crippen LogP contribution in [0.3, 0.4) is 0 Å². The zero-order valence-electron chi connectivity index (χ0n) is 16.6. The first-order valence-corrected chi connectivity index (χ1v) is 11.6. The first-order valence-electron chi connectivity index (χ1n) is 9.57. The van der Waals surface area contributed by atoms with Crippen molar-refractivity contribution >= 4 is 56.5 Å². The fourth-order valence-electron chi connectivity index (χ4n) is 3.13. The van der Waals surface area contributed by atoms with Gasteiger partial charge in [-0.3, -0.25) is 14.5 Å². The lowest BCUT2D eigenvalue weighted by atomic mass is 10.1. The molecule has 0 atom stereocenters. The molecule has 0 N–H and O–H groups in total. The van der Waals surface area contributed by atoms with Gasteiger partial charge < -0.3 is 4.74 Å². The summed E-state index contributed by atoms with van der Waals surface area (Å²) < 4.78 is 20.7. The summed E-state index contributed by atoms with van der Waals surface area (Å²) in [5, 5.41) is -0.0655. The van der Waals surface area contributed by atoms with E-state index >= 15 is 0 Å². The van der Waals surface area contributed by atoms with E-state index in [1.54, 1.807) is 36.4 Å². The molecular formula is C24H16BrClFNO3S. The Hall–Kier alpha value is -2.61. The van der Waals surface area contributed by atoms with E-state index in [0.717, 1.165) is 21.8 Å². The molecule has 3 aromatic rings. The summed E-state index contributed by atoms with van der Waals surface area (Å²) in [6.45, 7) is 0.104. The van der Waals surface area contributed by atoms with E-state index in [-0.39, 0.29) is 34.9 Å². The molecular weight excluding hydrogens is 517 g/mol. The van der Waals surface area contributed by atoms with E-state index in [1.807, 2.05) is 24.3 Å². The van der Waals surface area contributed by atoms with Crippen molar-refractivity contribution in [1.82, 2.24) is 4.90 Å². The summed E-state index contributed by atoms with van der Waals surface area (Å²) >= 11 is 10.4. The second kappa shape index (κ2) is 9.90. The molecule has 1 fully saturated rings. The maximum atomic E-state index is 14.1. The highest BCUT2D eigenvalue weighted by molar-refractivity contribution is 9.10. The zero-order valence-corrected chi connectivity index (χ0v) is 19.7. The number of hydrogen-bond donors (Lipinski definition) is 0. The molecule has 0 unspecified atom stereocenters. The Kier molecular flexibility index (Phi) is 6.98. The third kappa shape index (κ3) is 4.90. The van der Waals surface area contributed by atoms with Crippen LogP contribution in [0.4, 0.5) is 9.18 Å². The van der Waals surface area contributed by atoms with Crippen LogP contribution in [0.2, 0.25) is 5.02 Å². The fraction of sp³-hybridized carbons (Fsp3) is 0.0833. The second-order valence-corrected chi connectivity index (χ2v) is 9.14. The van der Waals surface area contributed by atoms with Gasteiger partial charge in [0.25, 0.3) is 11.1 Å². The number of carbonyl (C=O) groups is 2. The van der Waals surface area contributed by atoms with E-state index in [4.69, 9.17) is 16.3 Å². The van der Waals surface area contributed by atoms with Gasteiger partial charge in [0.2, 0.25) is 0 Å². The quantitative estimate of drug-likeness (QED) is 0.319. The zero-order chi connectivity index (χ0) is 22.7. The van der Waals surface area contributed by atoms with Crippen LogP contribution in [0.25, 0.3) is 6.08 Å². The molecule has 0 saturated carbocycles. The maximum absolute atomic E-state index is 14.1. The molecule has 1 saturated heterocycles. The number of halogens is 3. The number of imide groups is 1. The number of rotatable bonds is 6.